The van der Waals surface area contributed by atoms with Gasteiger partial charge in [0.2, 0.25) is 41.4 Å². The molecule has 0 spiro atoms. The van der Waals surface area contributed by atoms with Crippen LogP contribution in [0, 0.1) is 5.92 Å². The van der Waals surface area contributed by atoms with E-state index < -0.39 is 83.6 Å². The number of methoxy groups -OCH3 is 3. The second-order valence-corrected chi connectivity index (χ2v) is 30.1. The topological polar surface area (TPSA) is 367 Å². The van der Waals surface area contributed by atoms with E-state index in [1.54, 1.807) is 54.6 Å². The number of unbranched alkanes of at least 4 members (excludes halogenated alkanes) is 4. The molecule has 28 nitrogen and oxygen atoms in total. The van der Waals surface area contributed by atoms with Gasteiger partial charge in [-0.3, -0.25) is 63.1 Å². The van der Waals surface area contributed by atoms with E-state index in [9.17, 15) is 65.9 Å². The highest BCUT2D eigenvalue weighted by Gasteiger charge is 2.45. The van der Waals surface area contributed by atoms with Gasteiger partial charge in [0.05, 0.1) is 65.4 Å². The number of aromatic amines is 1. The van der Waals surface area contributed by atoms with Gasteiger partial charge in [-0.25, -0.2) is 14.8 Å². The Bertz CT molecular complexity index is 4110. The number of amides is 8. The van der Waals surface area contributed by atoms with Gasteiger partial charge in [-0.15, -0.1) is 0 Å². The molecule has 594 valence electrons. The standard InChI is InChI=1S/C77H97F3N12O16S2/c1-49(2)69(99)89-74-88-68-67(71(101)90-74)86-54(45-85-68)46-92(73(103)77(78,79)80)55-28-22-50(23-29-55)70(100)87-60(72(102)106-8)34-35-63(95)82-40-16-10-14-20-62(94)84-42-43-109-110-75(3,4)39-38-64(96)83-41-17-11-15-21-65(97)91-47-59(108-66(98)37-36-61(93)81-5)44-56(91)48-107-76(51-18-12-9-13-19-51,52-24-30-57(104-6)31-25-52)53-26-32-58(105-7)33-27-53/h9,12-13,18-19,22-33,45,49,56,59-60H,10-11,14-17,20-21,34-44,46-48H2,1-8H3,(H,81,93)(H,82,95)(H,83,96)(H,84,94)(H,87,100)(H2,85,88,89,90,99,101)/t56-,59+,60+/m0/s1. The number of likely N-dealkylation sites (tertiary alicyclic amines) is 1. The first kappa shape index (κ1) is 87.1. The summed E-state index contributed by atoms with van der Waals surface area (Å²) in [5, 5.41) is 16.1. The van der Waals surface area contributed by atoms with Gasteiger partial charge in [-0.2, -0.15) is 18.2 Å². The number of benzene rings is 4. The molecule has 1 fully saturated rings. The molecule has 4 aromatic carbocycles. The van der Waals surface area contributed by atoms with Gasteiger partial charge in [0.15, 0.2) is 11.2 Å². The Kier molecular flexibility index (Phi) is 33.8. The molecule has 0 saturated carbocycles. The number of nitrogens with one attached hydrogen (secondary N) is 7. The first-order valence-corrected chi connectivity index (χ1v) is 38.6. The summed E-state index contributed by atoms with van der Waals surface area (Å²) in [6, 6.07) is 27.7. The summed E-state index contributed by atoms with van der Waals surface area (Å²) in [5.41, 5.74) is -0.822. The maximum atomic E-state index is 14.2. The molecule has 7 rings (SSSR count). The number of alkyl halides is 3. The van der Waals surface area contributed by atoms with Gasteiger partial charge in [0.1, 0.15) is 29.2 Å². The Morgan fingerprint density at radius 1 is 0.691 bits per heavy atom. The van der Waals surface area contributed by atoms with Crippen molar-refractivity contribution in [2.75, 3.05) is 77.1 Å². The van der Waals surface area contributed by atoms with Crippen molar-refractivity contribution in [3.8, 4) is 11.5 Å². The average molecular weight is 1570 g/mol. The minimum Gasteiger partial charge on any atom is -0.497 e. The lowest BCUT2D eigenvalue weighted by molar-refractivity contribution is -0.170. The number of aromatic nitrogens is 4. The molecular formula is C77H97F3N12O16S2. The monoisotopic (exact) mass is 1570 g/mol. The number of halogens is 3. The van der Waals surface area contributed by atoms with Crippen molar-refractivity contribution in [3.05, 3.63) is 148 Å². The molecule has 1 saturated heterocycles. The molecule has 2 aromatic heterocycles. The molecule has 0 bridgehead atoms. The number of H-pyrrole nitrogens is 1. The van der Waals surface area contributed by atoms with Gasteiger partial charge in [-0.1, -0.05) is 103 Å². The number of hydrogen-bond donors (Lipinski definition) is 7. The minimum atomic E-state index is -5.36. The fourth-order valence-corrected chi connectivity index (χ4v) is 14.3. The van der Waals surface area contributed by atoms with Crippen molar-refractivity contribution in [1.29, 1.82) is 0 Å². The number of anilines is 2. The van der Waals surface area contributed by atoms with Crippen LogP contribution in [0.2, 0.25) is 0 Å². The zero-order valence-electron chi connectivity index (χ0n) is 63.0. The molecule has 33 heteroatoms. The highest BCUT2D eigenvalue weighted by Crippen LogP contribution is 2.43. The molecule has 1 aliphatic rings. The van der Waals surface area contributed by atoms with Crippen LogP contribution in [-0.4, -0.2) is 180 Å². The van der Waals surface area contributed by atoms with Crippen LogP contribution in [0.3, 0.4) is 0 Å². The molecule has 8 amide bonds. The summed E-state index contributed by atoms with van der Waals surface area (Å²) < 4.78 is 70.5. The SMILES string of the molecule is CNC(=O)CCC(=O)O[C@@H]1C[C@@H](COC(c2ccccc2)(c2ccc(OC)cc2)c2ccc(OC)cc2)N(C(=O)CCCCCNC(=O)CCC(C)(C)SSCCNC(=O)CCCCCNC(=O)CC[C@@H](NC(=O)c2ccc(N(Cc3cnc4nc(NC(=O)C(C)C)[nH]c(=O)c4n3)C(=O)C(F)(F)F)cc2)C(=O)OC)C1. The lowest BCUT2D eigenvalue weighted by atomic mass is 9.80. The largest absolute Gasteiger partial charge is 0.497 e. The van der Waals surface area contributed by atoms with Crippen molar-refractivity contribution in [2.24, 2.45) is 5.92 Å². The molecule has 0 unspecified atom stereocenters. The van der Waals surface area contributed by atoms with Crippen molar-refractivity contribution in [1.82, 2.24) is 51.4 Å². The Morgan fingerprint density at radius 2 is 1.29 bits per heavy atom. The van der Waals surface area contributed by atoms with Gasteiger partial charge >= 0.3 is 24.0 Å². The van der Waals surface area contributed by atoms with E-state index in [2.05, 4.69) is 65.7 Å². The summed E-state index contributed by atoms with van der Waals surface area (Å²) >= 11 is 0. The molecule has 3 heterocycles. The van der Waals surface area contributed by atoms with Crippen LogP contribution in [-0.2, 0) is 69.5 Å². The van der Waals surface area contributed by atoms with Crippen molar-refractivity contribution >= 4 is 104 Å². The van der Waals surface area contributed by atoms with Crippen LogP contribution in [0.15, 0.2) is 114 Å². The Hall–Kier alpha value is -10.2. The van der Waals surface area contributed by atoms with E-state index in [1.807, 2.05) is 78.9 Å². The number of carbonyl (C=O) groups excluding carboxylic acids is 10. The number of fused-ring (bicyclic) bond motifs is 1. The van der Waals surface area contributed by atoms with Gasteiger partial charge in [0, 0.05) is 92.9 Å². The molecule has 6 aromatic rings. The summed E-state index contributed by atoms with van der Waals surface area (Å²) in [4.78, 5) is 158. The van der Waals surface area contributed by atoms with Gasteiger partial charge in [0.25, 0.3) is 11.5 Å². The lowest BCUT2D eigenvalue weighted by Crippen LogP contribution is -2.42. The fourth-order valence-electron chi connectivity index (χ4n) is 11.9. The fraction of sp³-hybridized carbons (Fsp3) is 0.481. The third kappa shape index (κ3) is 26.6. The third-order valence-corrected chi connectivity index (χ3v) is 21.3. The van der Waals surface area contributed by atoms with Gasteiger partial charge in [-0.05, 0) is 118 Å². The number of hydrogen-bond acceptors (Lipinski definition) is 21. The molecule has 0 radical (unpaired) electrons. The van der Waals surface area contributed by atoms with E-state index in [-0.39, 0.29) is 121 Å². The van der Waals surface area contributed by atoms with Crippen molar-refractivity contribution < 1.29 is 84.8 Å². The summed E-state index contributed by atoms with van der Waals surface area (Å²) in [6.45, 7) is 7.92. The van der Waals surface area contributed by atoms with Crippen LogP contribution >= 0.6 is 21.6 Å². The highest BCUT2D eigenvalue weighted by atomic mass is 33.1. The van der Waals surface area contributed by atoms with E-state index in [1.165, 1.54) is 7.05 Å². The zero-order valence-corrected chi connectivity index (χ0v) is 64.6. The maximum absolute atomic E-state index is 14.2. The average Bonchev–Trinajstić information content (AvgIpc) is 0.898. The summed E-state index contributed by atoms with van der Waals surface area (Å²) in [5.74, 6) is -4.73. The zero-order chi connectivity index (χ0) is 80.0. The number of esters is 2. The molecular weight excluding hydrogens is 1470 g/mol. The molecule has 3 atom stereocenters. The first-order valence-electron chi connectivity index (χ1n) is 36.3. The second kappa shape index (κ2) is 42.7. The van der Waals surface area contributed by atoms with Crippen molar-refractivity contribution in [2.45, 2.75) is 165 Å². The van der Waals surface area contributed by atoms with Crippen molar-refractivity contribution in [3.63, 3.8) is 0 Å². The summed E-state index contributed by atoms with van der Waals surface area (Å²) in [7, 11) is 9.02. The third-order valence-electron chi connectivity index (χ3n) is 18.0. The number of ether oxygens (including phenoxy) is 5. The molecule has 7 N–H and O–H groups in total. The quantitative estimate of drug-likeness (QED) is 0.00812. The maximum Gasteiger partial charge on any atom is 0.471 e. The van der Waals surface area contributed by atoms with Crippen LogP contribution in [0.1, 0.15) is 157 Å². The van der Waals surface area contributed by atoms with E-state index in [0.29, 0.717) is 93.0 Å². The Balaban J connectivity index is 0.763. The van der Waals surface area contributed by atoms with Crippen LogP contribution in [0.25, 0.3) is 11.2 Å². The number of rotatable bonds is 43. The normalized spacial score (nSPS) is 13.9. The summed E-state index contributed by atoms with van der Waals surface area (Å²) in [6.07, 6.45) is -0.102. The van der Waals surface area contributed by atoms with E-state index in [4.69, 9.17) is 23.7 Å². The van der Waals surface area contributed by atoms with Gasteiger partial charge < -0.3 is 55.2 Å². The van der Waals surface area contributed by atoms with Crippen LogP contribution in [0.5, 0.6) is 11.5 Å². The molecule has 0 aliphatic carbocycles. The first-order chi connectivity index (χ1) is 52.6. The molecule has 110 heavy (non-hydrogen) atoms. The highest BCUT2D eigenvalue weighted by molar-refractivity contribution is 8.77. The predicted molar refractivity (Wildman–Crippen MR) is 409 cm³/mol. The van der Waals surface area contributed by atoms with E-state index in [0.717, 1.165) is 54.3 Å². The van der Waals surface area contributed by atoms with Crippen LogP contribution in [0.4, 0.5) is 24.8 Å². The lowest BCUT2D eigenvalue weighted by Gasteiger charge is -2.38. The van der Waals surface area contributed by atoms with Crippen LogP contribution < -0.4 is 51.8 Å². The predicted octanol–water partition coefficient (Wildman–Crippen LogP) is 8.93. The smallest absolute Gasteiger partial charge is 0.471 e. The second-order valence-electron chi connectivity index (χ2n) is 27.0. The van der Waals surface area contributed by atoms with E-state index >= 15 is 0 Å². The number of carbonyl (C=O) groups is 10. The minimum absolute atomic E-state index is 0.0273. The molecule has 1 aliphatic heterocycles. The number of nitrogens with zero attached hydrogens (tertiary/aromatic N) is 5. The Morgan fingerprint density at radius 3 is 1.89 bits per heavy atom. The Labute approximate surface area is 644 Å².